The van der Waals surface area contributed by atoms with Crippen LogP contribution in [0.1, 0.15) is 13.3 Å². The highest BCUT2D eigenvalue weighted by Gasteiger charge is 2.34. The van der Waals surface area contributed by atoms with E-state index in [-0.39, 0.29) is 12.0 Å². The predicted molar refractivity (Wildman–Crippen MR) is 34.4 cm³/mol. The summed E-state index contributed by atoms with van der Waals surface area (Å²) in [5.74, 6) is 0. The van der Waals surface area contributed by atoms with Gasteiger partial charge in [-0.1, -0.05) is 6.08 Å². The molecule has 0 saturated heterocycles. The summed E-state index contributed by atoms with van der Waals surface area (Å²) in [4.78, 5) is 0. The molecule has 0 spiro atoms. The Balaban J connectivity index is 2.93. The summed E-state index contributed by atoms with van der Waals surface area (Å²) in [7, 11) is 0. The van der Waals surface area contributed by atoms with Crippen molar-refractivity contribution < 1.29 is 13.2 Å². The van der Waals surface area contributed by atoms with Gasteiger partial charge in [0.2, 0.25) is 0 Å². The Kier molecular flexibility index (Phi) is 2.07. The molecular weight excluding hydrogens is 153 g/mol. The third-order valence-corrected chi connectivity index (χ3v) is 1.46. The Hall–Kier alpha value is -0.730. The molecule has 3 heteroatoms. The summed E-state index contributed by atoms with van der Waals surface area (Å²) >= 11 is 0. The number of halogens is 3. The first-order chi connectivity index (χ1) is 5.02. The van der Waals surface area contributed by atoms with E-state index in [1.54, 1.807) is 0 Å². The van der Waals surface area contributed by atoms with E-state index in [1.165, 1.54) is 13.0 Å². The average molecular weight is 159 g/mol. The lowest BCUT2D eigenvalue weighted by molar-refractivity contribution is -0.0939. The minimum absolute atomic E-state index is 0.150. The van der Waals surface area contributed by atoms with E-state index in [0.717, 1.165) is 0 Å². The van der Waals surface area contributed by atoms with E-state index in [2.05, 4.69) is 12.5 Å². The molecule has 0 bridgehead atoms. The lowest BCUT2D eigenvalue weighted by atomic mass is 9.98. The minimum Gasteiger partial charge on any atom is -0.166 e. The van der Waals surface area contributed by atoms with E-state index < -0.39 is 11.7 Å². The van der Waals surface area contributed by atoms with Crippen molar-refractivity contribution in [2.45, 2.75) is 19.5 Å². The van der Waals surface area contributed by atoms with Crippen molar-refractivity contribution in [1.29, 1.82) is 0 Å². The molecule has 0 aromatic rings. The van der Waals surface area contributed by atoms with Gasteiger partial charge in [-0.2, -0.15) is 13.2 Å². The zero-order valence-electron chi connectivity index (χ0n) is 5.92. The third-order valence-electron chi connectivity index (χ3n) is 1.46. The van der Waals surface area contributed by atoms with Gasteiger partial charge in [-0.25, -0.2) is 0 Å². The highest BCUT2D eigenvalue weighted by atomic mass is 19.4. The van der Waals surface area contributed by atoms with Crippen molar-refractivity contribution in [2.24, 2.45) is 0 Å². The van der Waals surface area contributed by atoms with E-state index in [1.807, 2.05) is 0 Å². The molecule has 0 fully saturated rings. The monoisotopic (exact) mass is 159 g/mol. The van der Waals surface area contributed by atoms with Crippen molar-refractivity contribution >= 4 is 0 Å². The van der Waals surface area contributed by atoms with Gasteiger partial charge in [0.15, 0.2) is 0 Å². The molecule has 0 saturated carbocycles. The normalized spacial score (nSPS) is 19.3. The van der Waals surface area contributed by atoms with Crippen LogP contribution in [0.3, 0.4) is 0 Å². The Bertz CT molecular complexity index is 208. The largest absolute Gasteiger partial charge is 0.412 e. The molecule has 0 aromatic heterocycles. The van der Waals surface area contributed by atoms with Crippen LogP contribution in [0, 0.1) is 12.5 Å². The SMILES string of the molecule is CC1=C(C(F)(F)F)C[C]C=[C]1. The topological polar surface area (TPSA) is 0 Å². The minimum atomic E-state index is -4.22. The second-order valence-electron chi connectivity index (χ2n) is 2.27. The van der Waals surface area contributed by atoms with Crippen LogP contribution in [-0.4, -0.2) is 6.18 Å². The Labute approximate surface area is 63.4 Å². The highest BCUT2D eigenvalue weighted by Crippen LogP contribution is 2.33. The molecule has 0 aliphatic heterocycles. The molecule has 1 aliphatic rings. The molecule has 0 unspecified atom stereocenters. The Morgan fingerprint density at radius 3 is 2.45 bits per heavy atom. The summed E-state index contributed by atoms with van der Waals surface area (Å²) in [6, 6.07) is 0. The number of allylic oxidation sites excluding steroid dienone is 4. The fourth-order valence-corrected chi connectivity index (χ4v) is 0.845. The summed E-state index contributed by atoms with van der Waals surface area (Å²) < 4.78 is 36.1. The van der Waals surface area contributed by atoms with E-state index in [0.29, 0.717) is 0 Å². The van der Waals surface area contributed by atoms with Crippen LogP contribution in [0.15, 0.2) is 17.2 Å². The van der Waals surface area contributed by atoms with E-state index in [9.17, 15) is 13.2 Å². The zero-order valence-corrected chi connectivity index (χ0v) is 5.92. The smallest absolute Gasteiger partial charge is 0.166 e. The fourth-order valence-electron chi connectivity index (χ4n) is 0.845. The number of rotatable bonds is 0. The molecule has 1 rings (SSSR count). The maximum absolute atomic E-state index is 12.0. The maximum atomic E-state index is 12.0. The van der Waals surface area contributed by atoms with Gasteiger partial charge in [0.1, 0.15) is 0 Å². The fraction of sp³-hybridized carbons (Fsp3) is 0.375. The quantitative estimate of drug-likeness (QED) is 0.509. The van der Waals surface area contributed by atoms with Gasteiger partial charge in [-0.15, -0.1) is 0 Å². The van der Waals surface area contributed by atoms with Crippen LogP contribution < -0.4 is 0 Å². The molecular formula is C8H6F3. The van der Waals surface area contributed by atoms with Crippen molar-refractivity contribution in [3.8, 4) is 0 Å². The van der Waals surface area contributed by atoms with Gasteiger partial charge in [0.25, 0.3) is 0 Å². The maximum Gasteiger partial charge on any atom is 0.412 e. The number of alkyl halides is 3. The summed E-state index contributed by atoms with van der Waals surface area (Å²) in [5.41, 5.74) is -0.378. The van der Waals surface area contributed by atoms with Gasteiger partial charge in [-0.3, -0.25) is 0 Å². The predicted octanol–water partition coefficient (Wildman–Crippen LogP) is 2.71. The summed E-state index contributed by atoms with van der Waals surface area (Å²) in [6.45, 7) is 1.40. The molecule has 11 heavy (non-hydrogen) atoms. The van der Waals surface area contributed by atoms with Gasteiger partial charge in [0.05, 0.1) is 0 Å². The summed E-state index contributed by atoms with van der Waals surface area (Å²) in [6.07, 6.45) is 1.94. The van der Waals surface area contributed by atoms with Gasteiger partial charge < -0.3 is 0 Å². The van der Waals surface area contributed by atoms with Crippen molar-refractivity contribution in [1.82, 2.24) is 0 Å². The van der Waals surface area contributed by atoms with Crippen LogP contribution in [0.4, 0.5) is 13.2 Å². The first-order valence-electron chi connectivity index (χ1n) is 3.10. The summed E-state index contributed by atoms with van der Waals surface area (Å²) in [5, 5.41) is 0. The van der Waals surface area contributed by atoms with Gasteiger partial charge in [-0.05, 0) is 25.0 Å². The Morgan fingerprint density at radius 1 is 1.45 bits per heavy atom. The zero-order chi connectivity index (χ0) is 8.48. The second kappa shape index (κ2) is 2.72. The van der Waals surface area contributed by atoms with Crippen LogP contribution >= 0.6 is 0 Å². The van der Waals surface area contributed by atoms with Gasteiger partial charge >= 0.3 is 6.18 Å². The van der Waals surface area contributed by atoms with Crippen molar-refractivity contribution in [3.05, 3.63) is 29.7 Å². The van der Waals surface area contributed by atoms with Crippen LogP contribution in [-0.2, 0) is 0 Å². The first-order valence-corrected chi connectivity index (χ1v) is 3.10. The standard InChI is InChI=1S/C8H6F3/c1-6-4-2-3-5-7(6)8(9,10)11/h2H,5H2,1H3. The Morgan fingerprint density at radius 2 is 2.09 bits per heavy atom. The molecule has 0 N–H and O–H groups in total. The molecule has 0 atom stereocenters. The van der Waals surface area contributed by atoms with Crippen LogP contribution in [0.2, 0.25) is 0 Å². The van der Waals surface area contributed by atoms with E-state index in [4.69, 9.17) is 0 Å². The molecule has 3 radical (unpaired) electrons. The second-order valence-corrected chi connectivity index (χ2v) is 2.27. The molecule has 1 aliphatic carbocycles. The lowest BCUT2D eigenvalue weighted by Crippen LogP contribution is -2.15. The lowest BCUT2D eigenvalue weighted by Gasteiger charge is -2.14. The van der Waals surface area contributed by atoms with Crippen molar-refractivity contribution in [3.63, 3.8) is 0 Å². The van der Waals surface area contributed by atoms with Crippen LogP contribution in [0.5, 0.6) is 0 Å². The molecule has 0 nitrogen and oxygen atoms in total. The molecule has 0 heterocycles. The third kappa shape index (κ3) is 1.85. The highest BCUT2D eigenvalue weighted by molar-refractivity contribution is 5.30. The van der Waals surface area contributed by atoms with Crippen LogP contribution in [0.25, 0.3) is 0 Å². The van der Waals surface area contributed by atoms with Gasteiger partial charge in [0, 0.05) is 12.0 Å². The van der Waals surface area contributed by atoms with E-state index >= 15 is 0 Å². The number of hydrogen-bond acceptors (Lipinski definition) is 0. The molecule has 59 valence electrons. The molecule has 0 amide bonds. The first kappa shape index (κ1) is 8.37. The van der Waals surface area contributed by atoms with Crippen molar-refractivity contribution in [2.75, 3.05) is 0 Å². The number of hydrogen-bond donors (Lipinski definition) is 0. The average Bonchev–Trinajstić information content (AvgIpc) is 1.86. The molecule has 0 aromatic carbocycles.